The molecule has 2 aliphatic rings. The highest BCUT2D eigenvalue weighted by atomic mass is 32.1. The molecular weight excluding hydrogens is 316 g/mol. The van der Waals surface area contributed by atoms with Crippen molar-refractivity contribution in [2.45, 2.75) is 31.8 Å². The zero-order valence-corrected chi connectivity index (χ0v) is 13.8. The van der Waals surface area contributed by atoms with Crippen LogP contribution in [0.1, 0.15) is 25.7 Å². The first-order chi connectivity index (χ1) is 11.2. The van der Waals surface area contributed by atoms with Crippen LogP contribution < -0.4 is 10.6 Å². The molecule has 0 spiro atoms. The molecule has 8 heteroatoms. The second-order valence-corrected chi connectivity index (χ2v) is 6.83. The number of hydrogen-bond acceptors (Lipinski definition) is 5. The molecular formula is C15H22N4O3S. The number of anilines is 1. The quantitative estimate of drug-likeness (QED) is 0.875. The summed E-state index contributed by atoms with van der Waals surface area (Å²) < 4.78 is 5.51. The normalized spacial score (nSPS) is 24.4. The van der Waals surface area contributed by atoms with Crippen molar-refractivity contribution >= 4 is 28.4 Å². The van der Waals surface area contributed by atoms with E-state index in [1.165, 1.54) is 11.3 Å². The molecule has 1 aromatic rings. The number of urea groups is 1. The molecule has 0 unspecified atom stereocenters. The Hall–Kier alpha value is -1.67. The fraction of sp³-hybridized carbons (Fsp3) is 0.667. The SMILES string of the molecule is O=C(Nc1nccs1)[C@@H]1CCCN(C(=O)NC[C@H]2CCCO2)C1. The van der Waals surface area contributed by atoms with Gasteiger partial charge in [0.1, 0.15) is 0 Å². The number of carbonyl (C=O) groups is 2. The van der Waals surface area contributed by atoms with Crippen molar-refractivity contribution in [3.8, 4) is 0 Å². The lowest BCUT2D eigenvalue weighted by Gasteiger charge is -2.32. The molecule has 0 aliphatic carbocycles. The molecule has 23 heavy (non-hydrogen) atoms. The van der Waals surface area contributed by atoms with Crippen LogP contribution in [0.4, 0.5) is 9.93 Å². The van der Waals surface area contributed by atoms with E-state index in [9.17, 15) is 9.59 Å². The molecule has 7 nitrogen and oxygen atoms in total. The maximum atomic E-state index is 12.3. The fourth-order valence-corrected chi connectivity index (χ4v) is 3.52. The van der Waals surface area contributed by atoms with Gasteiger partial charge in [0.25, 0.3) is 0 Å². The lowest BCUT2D eigenvalue weighted by molar-refractivity contribution is -0.121. The Balaban J connectivity index is 1.46. The van der Waals surface area contributed by atoms with Crippen molar-refractivity contribution < 1.29 is 14.3 Å². The Morgan fingerprint density at radius 1 is 1.39 bits per heavy atom. The van der Waals surface area contributed by atoms with E-state index in [1.807, 2.05) is 5.38 Å². The van der Waals surface area contributed by atoms with Gasteiger partial charge in [-0.15, -0.1) is 11.3 Å². The molecule has 2 aliphatic heterocycles. The maximum Gasteiger partial charge on any atom is 0.317 e. The van der Waals surface area contributed by atoms with Crippen LogP contribution in [0.15, 0.2) is 11.6 Å². The largest absolute Gasteiger partial charge is 0.376 e. The number of aromatic nitrogens is 1. The van der Waals surface area contributed by atoms with Gasteiger partial charge >= 0.3 is 6.03 Å². The molecule has 2 atom stereocenters. The summed E-state index contributed by atoms with van der Waals surface area (Å²) in [6.07, 6.45) is 5.48. The minimum atomic E-state index is -0.180. The number of piperidine rings is 1. The standard InChI is InChI=1S/C15H22N4O3S/c20-13(18-14-16-5-8-23-14)11-3-1-6-19(10-11)15(21)17-9-12-4-2-7-22-12/h5,8,11-12H,1-4,6-7,9-10H2,(H,17,21)(H,16,18,20)/t11-,12-/m1/s1. The van der Waals surface area contributed by atoms with Crippen LogP contribution in [0.5, 0.6) is 0 Å². The molecule has 2 fully saturated rings. The van der Waals surface area contributed by atoms with Crippen LogP contribution in [-0.2, 0) is 9.53 Å². The number of thiazole rings is 1. The van der Waals surface area contributed by atoms with Gasteiger partial charge < -0.3 is 20.3 Å². The van der Waals surface area contributed by atoms with Crippen molar-refractivity contribution in [1.29, 1.82) is 0 Å². The average Bonchev–Trinajstić information content (AvgIpc) is 3.26. The molecule has 2 N–H and O–H groups in total. The Morgan fingerprint density at radius 2 is 2.30 bits per heavy atom. The summed E-state index contributed by atoms with van der Waals surface area (Å²) in [7, 11) is 0. The van der Waals surface area contributed by atoms with Crippen molar-refractivity contribution in [2.75, 3.05) is 31.6 Å². The Labute approximate surface area is 139 Å². The van der Waals surface area contributed by atoms with Crippen LogP contribution in [0.2, 0.25) is 0 Å². The first-order valence-corrected chi connectivity index (χ1v) is 8.95. The lowest BCUT2D eigenvalue weighted by atomic mass is 9.97. The van der Waals surface area contributed by atoms with E-state index < -0.39 is 0 Å². The molecule has 3 amide bonds. The van der Waals surface area contributed by atoms with Gasteiger partial charge in [-0.05, 0) is 25.7 Å². The molecule has 0 radical (unpaired) electrons. The summed E-state index contributed by atoms with van der Waals surface area (Å²) in [6, 6.07) is -0.104. The van der Waals surface area contributed by atoms with Crippen LogP contribution >= 0.6 is 11.3 Å². The number of rotatable bonds is 4. The molecule has 3 rings (SSSR count). The number of amides is 3. The third kappa shape index (κ3) is 4.42. The monoisotopic (exact) mass is 338 g/mol. The maximum absolute atomic E-state index is 12.3. The summed E-state index contributed by atoms with van der Waals surface area (Å²) in [5, 5.41) is 8.16. The summed E-state index contributed by atoms with van der Waals surface area (Å²) in [6.45, 7) is 2.47. The summed E-state index contributed by atoms with van der Waals surface area (Å²) >= 11 is 1.39. The first kappa shape index (κ1) is 16.2. The zero-order valence-electron chi connectivity index (χ0n) is 13.0. The number of likely N-dealkylation sites (tertiary alicyclic amines) is 1. The molecule has 0 bridgehead atoms. The van der Waals surface area contributed by atoms with Gasteiger partial charge in [0.15, 0.2) is 5.13 Å². The smallest absolute Gasteiger partial charge is 0.317 e. The molecule has 3 heterocycles. The van der Waals surface area contributed by atoms with E-state index in [0.717, 1.165) is 32.3 Å². The van der Waals surface area contributed by atoms with Gasteiger partial charge in [0.05, 0.1) is 12.0 Å². The number of hydrogen-bond donors (Lipinski definition) is 2. The Bertz CT molecular complexity index is 531. The molecule has 0 saturated carbocycles. The highest BCUT2D eigenvalue weighted by Crippen LogP contribution is 2.20. The summed E-state index contributed by atoms with van der Waals surface area (Å²) in [5.41, 5.74) is 0. The van der Waals surface area contributed by atoms with E-state index >= 15 is 0 Å². The molecule has 2 saturated heterocycles. The van der Waals surface area contributed by atoms with E-state index in [0.29, 0.717) is 24.8 Å². The summed E-state index contributed by atoms with van der Waals surface area (Å²) in [5.74, 6) is -0.238. The van der Waals surface area contributed by atoms with E-state index in [4.69, 9.17) is 4.74 Å². The highest BCUT2D eigenvalue weighted by Gasteiger charge is 2.29. The number of carbonyl (C=O) groups excluding carboxylic acids is 2. The van der Waals surface area contributed by atoms with E-state index in [1.54, 1.807) is 11.1 Å². The third-order valence-corrected chi connectivity index (χ3v) is 4.94. The summed E-state index contributed by atoms with van der Waals surface area (Å²) in [4.78, 5) is 30.3. The third-order valence-electron chi connectivity index (χ3n) is 4.25. The minimum Gasteiger partial charge on any atom is -0.376 e. The number of nitrogens with one attached hydrogen (secondary N) is 2. The predicted molar refractivity (Wildman–Crippen MR) is 87.4 cm³/mol. The van der Waals surface area contributed by atoms with Gasteiger partial charge in [-0.1, -0.05) is 0 Å². The van der Waals surface area contributed by atoms with Gasteiger partial charge in [-0.25, -0.2) is 9.78 Å². The first-order valence-electron chi connectivity index (χ1n) is 8.07. The van der Waals surface area contributed by atoms with Crippen molar-refractivity contribution in [2.24, 2.45) is 5.92 Å². The zero-order chi connectivity index (χ0) is 16.1. The van der Waals surface area contributed by atoms with Crippen molar-refractivity contribution in [3.63, 3.8) is 0 Å². The average molecular weight is 338 g/mol. The Morgan fingerprint density at radius 3 is 3.04 bits per heavy atom. The topological polar surface area (TPSA) is 83.6 Å². The highest BCUT2D eigenvalue weighted by molar-refractivity contribution is 7.13. The number of nitrogens with zero attached hydrogens (tertiary/aromatic N) is 2. The molecule has 1 aromatic heterocycles. The van der Waals surface area contributed by atoms with E-state index in [2.05, 4.69) is 15.6 Å². The minimum absolute atomic E-state index is 0.0587. The van der Waals surface area contributed by atoms with Gasteiger partial charge in [0.2, 0.25) is 5.91 Å². The predicted octanol–water partition coefficient (Wildman–Crippen LogP) is 1.68. The molecule has 126 valence electrons. The lowest BCUT2D eigenvalue weighted by Crippen LogP contribution is -2.49. The number of ether oxygens (including phenoxy) is 1. The molecule has 0 aromatic carbocycles. The second kappa shape index (κ2) is 7.74. The van der Waals surface area contributed by atoms with Crippen LogP contribution in [0.25, 0.3) is 0 Å². The van der Waals surface area contributed by atoms with Gasteiger partial charge in [-0.2, -0.15) is 0 Å². The van der Waals surface area contributed by atoms with Gasteiger partial charge in [0, 0.05) is 37.8 Å². The Kier molecular flexibility index (Phi) is 5.45. The van der Waals surface area contributed by atoms with Crippen LogP contribution in [0, 0.1) is 5.92 Å². The van der Waals surface area contributed by atoms with E-state index in [-0.39, 0.29) is 24.0 Å². The second-order valence-electron chi connectivity index (χ2n) is 5.93. The van der Waals surface area contributed by atoms with Crippen LogP contribution in [-0.4, -0.2) is 54.2 Å². The fourth-order valence-electron chi connectivity index (χ4n) is 2.99. The van der Waals surface area contributed by atoms with Crippen molar-refractivity contribution in [1.82, 2.24) is 15.2 Å². The van der Waals surface area contributed by atoms with Gasteiger partial charge in [-0.3, -0.25) is 4.79 Å². The van der Waals surface area contributed by atoms with Crippen LogP contribution in [0.3, 0.4) is 0 Å². The van der Waals surface area contributed by atoms with Crippen molar-refractivity contribution in [3.05, 3.63) is 11.6 Å².